The molecule has 2 aromatic carbocycles. The molecular formula is C29H32O13. The molecule has 0 bridgehead atoms. The first kappa shape index (κ1) is 27.5. The number of hydrogen-bond acceptors (Lipinski definition) is 13. The summed E-state index contributed by atoms with van der Waals surface area (Å²) in [7, 11) is 2.86. The molecule has 3 fully saturated rings. The molecule has 0 saturated carbocycles. The molecule has 0 unspecified atom stereocenters. The van der Waals surface area contributed by atoms with Gasteiger partial charge in [-0.05, 0) is 47.9 Å². The van der Waals surface area contributed by atoms with Gasteiger partial charge in [0.2, 0.25) is 12.5 Å². The third kappa shape index (κ3) is 4.26. The molecule has 4 heterocycles. The molecular weight excluding hydrogens is 556 g/mol. The number of ether oxygens (including phenoxy) is 9. The van der Waals surface area contributed by atoms with Crippen molar-refractivity contribution < 1.29 is 62.7 Å². The number of aliphatic hydroxyl groups excluding tert-OH is 2. The second-order valence-electron chi connectivity index (χ2n) is 11.0. The standard InChI is InChI=1S/C29H32O13/c1-11-36-9-20-27(40-11)24(31)25(32)29(41-20)42-26-14-7-17-16(38-10-39-17)6-13(14)21(22-15(26)8-37-28(22)33)12-4-18(34-2)23(30)19(5-12)35-3/h4-7,11,15,20-22,24-27,29-32H,8-10H2,1-3H3/t11-,15-,20+,21-,22+,24-,25-,26-,27-,29+/m0/s1. The number of rotatable bonds is 5. The van der Waals surface area contributed by atoms with E-state index in [2.05, 4.69) is 0 Å². The molecule has 2 aromatic rings. The Bertz CT molecular complexity index is 1350. The Morgan fingerprint density at radius 2 is 1.57 bits per heavy atom. The molecule has 0 amide bonds. The van der Waals surface area contributed by atoms with Crippen molar-refractivity contribution in [1.82, 2.24) is 0 Å². The SMILES string of the molecule is COc1cc([C@H]2c3cc4c(cc3[C@H](O[C@H]3O[C@@H]5CO[C@H](C)O[C@@H]5[C@@H](O)[C@@H]3O)[C@H]3COC(=O)[C@@H]23)OCO4)cc(OC)c1O. The summed E-state index contributed by atoms with van der Waals surface area (Å²) in [5, 5.41) is 32.5. The lowest BCUT2D eigenvalue weighted by molar-refractivity contribution is -0.364. The number of esters is 1. The maximum atomic E-state index is 13.4. The Morgan fingerprint density at radius 3 is 2.26 bits per heavy atom. The highest BCUT2D eigenvalue weighted by molar-refractivity contribution is 5.79. The average Bonchev–Trinajstić information content (AvgIpc) is 3.61. The number of fused-ring (bicyclic) bond motifs is 4. The van der Waals surface area contributed by atoms with E-state index < -0.39 is 66.8 Å². The average molecular weight is 589 g/mol. The molecule has 42 heavy (non-hydrogen) atoms. The maximum Gasteiger partial charge on any atom is 0.310 e. The first-order chi connectivity index (χ1) is 20.3. The molecule has 10 atom stereocenters. The van der Waals surface area contributed by atoms with Crippen molar-refractivity contribution in [3.05, 3.63) is 41.0 Å². The van der Waals surface area contributed by atoms with Crippen LogP contribution in [0.25, 0.3) is 0 Å². The Balaban J connectivity index is 1.32. The number of methoxy groups -OCH3 is 2. The number of aliphatic hydroxyl groups is 2. The zero-order chi connectivity index (χ0) is 29.3. The molecule has 0 spiro atoms. The van der Waals surface area contributed by atoms with E-state index in [-0.39, 0.29) is 37.3 Å². The van der Waals surface area contributed by atoms with Crippen molar-refractivity contribution in [3.63, 3.8) is 0 Å². The van der Waals surface area contributed by atoms with E-state index in [9.17, 15) is 20.1 Å². The van der Waals surface area contributed by atoms with Crippen LogP contribution in [0.15, 0.2) is 24.3 Å². The van der Waals surface area contributed by atoms with Gasteiger partial charge < -0.3 is 58.0 Å². The molecule has 7 rings (SSSR count). The van der Waals surface area contributed by atoms with Crippen LogP contribution in [0.2, 0.25) is 0 Å². The molecule has 4 aliphatic heterocycles. The molecule has 3 N–H and O–H groups in total. The monoisotopic (exact) mass is 588 g/mol. The summed E-state index contributed by atoms with van der Waals surface area (Å²) in [6, 6.07) is 6.93. The van der Waals surface area contributed by atoms with E-state index in [4.69, 9.17) is 42.6 Å². The van der Waals surface area contributed by atoms with Crippen LogP contribution in [0.4, 0.5) is 0 Å². The molecule has 226 valence electrons. The van der Waals surface area contributed by atoms with Gasteiger partial charge in [-0.1, -0.05) is 0 Å². The predicted molar refractivity (Wildman–Crippen MR) is 138 cm³/mol. The van der Waals surface area contributed by atoms with Gasteiger partial charge in [0.1, 0.15) is 24.4 Å². The van der Waals surface area contributed by atoms with Gasteiger partial charge in [0.05, 0.1) is 39.5 Å². The van der Waals surface area contributed by atoms with E-state index in [0.717, 1.165) is 0 Å². The van der Waals surface area contributed by atoms with E-state index in [0.29, 0.717) is 28.2 Å². The van der Waals surface area contributed by atoms with Crippen LogP contribution in [0, 0.1) is 11.8 Å². The first-order valence-electron chi connectivity index (χ1n) is 13.8. The van der Waals surface area contributed by atoms with Crippen LogP contribution >= 0.6 is 0 Å². The lowest BCUT2D eigenvalue weighted by Gasteiger charge is -2.47. The Morgan fingerprint density at radius 1 is 0.881 bits per heavy atom. The van der Waals surface area contributed by atoms with Crippen LogP contribution in [-0.2, 0) is 28.5 Å². The molecule has 1 aliphatic carbocycles. The lowest BCUT2D eigenvalue weighted by Crippen LogP contribution is -2.63. The van der Waals surface area contributed by atoms with Crippen LogP contribution in [-0.4, -0.2) is 92.5 Å². The normalized spacial score (nSPS) is 36.5. The number of phenolic OH excluding ortho intramolecular Hbond substituents is 1. The summed E-state index contributed by atoms with van der Waals surface area (Å²) < 4.78 is 51.5. The van der Waals surface area contributed by atoms with E-state index in [1.54, 1.807) is 31.2 Å². The van der Waals surface area contributed by atoms with Gasteiger partial charge in [0, 0.05) is 11.8 Å². The largest absolute Gasteiger partial charge is 0.502 e. The third-order valence-corrected chi connectivity index (χ3v) is 8.75. The Hall–Kier alpha value is -3.33. The second-order valence-corrected chi connectivity index (χ2v) is 11.0. The van der Waals surface area contributed by atoms with E-state index in [1.165, 1.54) is 14.2 Å². The van der Waals surface area contributed by atoms with Gasteiger partial charge in [-0.2, -0.15) is 0 Å². The van der Waals surface area contributed by atoms with Crippen molar-refractivity contribution in [3.8, 4) is 28.7 Å². The molecule has 13 nitrogen and oxygen atoms in total. The summed E-state index contributed by atoms with van der Waals surface area (Å²) >= 11 is 0. The van der Waals surface area contributed by atoms with Gasteiger partial charge in [-0.25, -0.2) is 0 Å². The second kappa shape index (κ2) is 10.4. The predicted octanol–water partition coefficient (Wildman–Crippen LogP) is 1.34. The molecule has 0 aromatic heterocycles. The summed E-state index contributed by atoms with van der Waals surface area (Å²) in [4.78, 5) is 13.4. The highest BCUT2D eigenvalue weighted by atomic mass is 16.8. The molecule has 0 radical (unpaired) electrons. The zero-order valence-electron chi connectivity index (χ0n) is 23.1. The number of phenols is 1. The van der Waals surface area contributed by atoms with Gasteiger partial charge in [0.25, 0.3) is 0 Å². The van der Waals surface area contributed by atoms with Crippen molar-refractivity contribution >= 4 is 5.97 Å². The van der Waals surface area contributed by atoms with Crippen molar-refractivity contribution in [2.45, 2.75) is 55.9 Å². The van der Waals surface area contributed by atoms with Crippen molar-refractivity contribution in [2.24, 2.45) is 11.8 Å². The lowest BCUT2D eigenvalue weighted by atomic mass is 9.66. The fraction of sp³-hybridized carbons (Fsp3) is 0.552. The first-order valence-corrected chi connectivity index (χ1v) is 13.8. The van der Waals surface area contributed by atoms with Crippen molar-refractivity contribution in [2.75, 3.05) is 34.2 Å². The van der Waals surface area contributed by atoms with Gasteiger partial charge in [-0.3, -0.25) is 4.79 Å². The van der Waals surface area contributed by atoms with E-state index in [1.807, 2.05) is 0 Å². The smallest absolute Gasteiger partial charge is 0.310 e. The number of hydrogen-bond donors (Lipinski definition) is 3. The summed E-state index contributed by atoms with van der Waals surface area (Å²) in [6.07, 6.45) is -6.80. The summed E-state index contributed by atoms with van der Waals surface area (Å²) in [5.41, 5.74) is 2.01. The van der Waals surface area contributed by atoms with Crippen LogP contribution < -0.4 is 18.9 Å². The van der Waals surface area contributed by atoms with E-state index >= 15 is 0 Å². The van der Waals surface area contributed by atoms with Crippen LogP contribution in [0.3, 0.4) is 0 Å². The number of cyclic esters (lactones) is 1. The maximum absolute atomic E-state index is 13.4. The minimum Gasteiger partial charge on any atom is -0.502 e. The van der Waals surface area contributed by atoms with Gasteiger partial charge >= 0.3 is 5.97 Å². The molecule has 5 aliphatic rings. The van der Waals surface area contributed by atoms with Crippen molar-refractivity contribution in [1.29, 1.82) is 0 Å². The van der Waals surface area contributed by atoms with Gasteiger partial charge in [0.15, 0.2) is 35.6 Å². The summed E-state index contributed by atoms with van der Waals surface area (Å²) in [5.74, 6) is -1.02. The molecule has 3 saturated heterocycles. The zero-order valence-corrected chi connectivity index (χ0v) is 23.1. The van der Waals surface area contributed by atoms with Crippen LogP contribution in [0.1, 0.15) is 35.6 Å². The minimum atomic E-state index is -1.44. The topological polar surface area (TPSA) is 161 Å². The highest BCUT2D eigenvalue weighted by Gasteiger charge is 2.56. The number of aromatic hydroxyl groups is 1. The quantitative estimate of drug-likeness (QED) is 0.430. The molecule has 13 heteroatoms. The van der Waals surface area contributed by atoms with Crippen LogP contribution in [0.5, 0.6) is 28.7 Å². The number of benzene rings is 2. The third-order valence-electron chi connectivity index (χ3n) is 8.75. The Kier molecular flexibility index (Phi) is 6.83. The van der Waals surface area contributed by atoms with Gasteiger partial charge in [-0.15, -0.1) is 0 Å². The summed E-state index contributed by atoms with van der Waals surface area (Å²) in [6.45, 7) is 1.93. The number of carbonyl (C=O) groups is 1. The fourth-order valence-corrected chi connectivity index (χ4v) is 6.74. The Labute approximate surface area is 240 Å². The highest BCUT2D eigenvalue weighted by Crippen LogP contribution is 2.57. The number of carbonyl (C=O) groups excluding carboxylic acids is 1. The fourth-order valence-electron chi connectivity index (χ4n) is 6.74. The minimum absolute atomic E-state index is 0.0301.